The Morgan fingerprint density at radius 3 is 2.66 bits per heavy atom. The summed E-state index contributed by atoms with van der Waals surface area (Å²) < 4.78 is 1.73. The molecule has 35 heavy (non-hydrogen) atoms. The fourth-order valence-electron chi connectivity index (χ4n) is 4.92. The molecule has 3 aromatic heterocycles. The second-order valence-electron chi connectivity index (χ2n) is 8.58. The van der Waals surface area contributed by atoms with E-state index in [1.165, 1.54) is 4.90 Å². The number of carbonyl (C=O) groups excluding carboxylic acids is 1. The zero-order valence-corrected chi connectivity index (χ0v) is 18.4. The molecule has 4 aromatic rings. The number of nitrogens with zero attached hydrogens (tertiary/aromatic N) is 7. The van der Waals surface area contributed by atoms with Crippen LogP contribution in [0.15, 0.2) is 55.1 Å². The molecule has 176 valence electrons. The third kappa shape index (κ3) is 3.55. The molecule has 12 heteroatoms. The van der Waals surface area contributed by atoms with Crippen LogP contribution in [-0.2, 0) is 0 Å². The number of primary amides is 1. The SMILES string of the molecule is NC(=O)c1ccc2c(Nc3cnccn3)nn(-c3ccnc(N4C[C@@H]5C[C@H]4CN5C(=O)O)c3)c2c1. The highest BCUT2D eigenvalue weighted by atomic mass is 16.4. The molecule has 0 radical (unpaired) electrons. The Kier molecular flexibility index (Phi) is 4.73. The number of aromatic nitrogens is 5. The molecule has 0 saturated carbocycles. The van der Waals surface area contributed by atoms with Crippen LogP contribution in [-0.4, -0.2) is 71.9 Å². The molecule has 2 fully saturated rings. The third-order valence-electron chi connectivity index (χ3n) is 6.53. The van der Waals surface area contributed by atoms with E-state index in [0.29, 0.717) is 35.8 Å². The van der Waals surface area contributed by atoms with Crippen LogP contribution in [0.4, 0.5) is 22.2 Å². The van der Waals surface area contributed by atoms with Gasteiger partial charge in [-0.05, 0) is 30.7 Å². The van der Waals surface area contributed by atoms with E-state index >= 15 is 0 Å². The summed E-state index contributed by atoms with van der Waals surface area (Å²) in [7, 11) is 0. The van der Waals surface area contributed by atoms with E-state index in [1.807, 2.05) is 12.1 Å². The predicted octanol–water partition coefficient (Wildman–Crippen LogP) is 1.99. The number of anilines is 3. The van der Waals surface area contributed by atoms with E-state index in [4.69, 9.17) is 10.8 Å². The first-order valence-corrected chi connectivity index (χ1v) is 11.1. The van der Waals surface area contributed by atoms with E-state index < -0.39 is 12.0 Å². The standard InChI is InChI=1S/C23H21N9O3/c24-21(33)13-1-2-17-18(7-13)32(29-22(17)28-19-10-25-5-6-26-19)14-3-4-27-20(9-14)30-11-16-8-15(30)12-31(16)23(34)35/h1-7,9-10,15-16H,8,11-12H2,(H2,24,33)(H,34,35)(H,26,28,29)/t15-,16-/m0/s1. The Hall–Kier alpha value is -4.74. The summed E-state index contributed by atoms with van der Waals surface area (Å²) in [6, 6.07) is 8.96. The molecule has 5 heterocycles. The molecular weight excluding hydrogens is 450 g/mol. The molecule has 4 N–H and O–H groups in total. The molecule has 12 nitrogen and oxygen atoms in total. The minimum atomic E-state index is -0.879. The van der Waals surface area contributed by atoms with Crippen molar-refractivity contribution in [2.45, 2.75) is 18.5 Å². The second-order valence-corrected chi connectivity index (χ2v) is 8.58. The number of nitrogens with one attached hydrogen (secondary N) is 1. The topological polar surface area (TPSA) is 155 Å². The minimum Gasteiger partial charge on any atom is -0.465 e. The predicted molar refractivity (Wildman–Crippen MR) is 127 cm³/mol. The van der Waals surface area contributed by atoms with Crippen molar-refractivity contribution in [3.05, 3.63) is 60.7 Å². The summed E-state index contributed by atoms with van der Waals surface area (Å²) >= 11 is 0. The lowest BCUT2D eigenvalue weighted by molar-refractivity contribution is 0.1000. The summed E-state index contributed by atoms with van der Waals surface area (Å²) in [4.78, 5) is 39.8. The highest BCUT2D eigenvalue weighted by molar-refractivity contribution is 6.00. The summed E-state index contributed by atoms with van der Waals surface area (Å²) in [5.41, 5.74) is 7.33. The fourth-order valence-corrected chi connectivity index (χ4v) is 4.92. The van der Waals surface area contributed by atoms with Crippen molar-refractivity contribution in [2.75, 3.05) is 23.3 Å². The van der Waals surface area contributed by atoms with Gasteiger partial charge in [-0.1, -0.05) is 0 Å². The number of rotatable bonds is 5. The smallest absolute Gasteiger partial charge is 0.407 e. The first kappa shape index (κ1) is 20.8. The zero-order valence-electron chi connectivity index (χ0n) is 18.4. The molecule has 2 saturated heterocycles. The number of carbonyl (C=O) groups is 2. The number of likely N-dealkylation sites (tertiary alicyclic amines) is 1. The van der Waals surface area contributed by atoms with Crippen molar-refractivity contribution >= 4 is 40.4 Å². The van der Waals surface area contributed by atoms with Crippen LogP contribution in [0.3, 0.4) is 0 Å². The van der Waals surface area contributed by atoms with Gasteiger partial charge in [-0.3, -0.25) is 9.78 Å². The number of fused-ring (bicyclic) bond motifs is 3. The molecule has 2 amide bonds. The van der Waals surface area contributed by atoms with Gasteiger partial charge in [0.1, 0.15) is 11.6 Å². The maximum absolute atomic E-state index is 11.9. The van der Waals surface area contributed by atoms with Crippen LogP contribution in [0, 0.1) is 0 Å². The number of hydrogen-bond donors (Lipinski definition) is 3. The average Bonchev–Trinajstić information content (AvgIpc) is 3.58. The lowest BCUT2D eigenvalue weighted by atomic mass is 10.1. The summed E-state index contributed by atoms with van der Waals surface area (Å²) in [6.45, 7) is 1.06. The van der Waals surface area contributed by atoms with E-state index in [-0.39, 0.29) is 12.1 Å². The molecule has 0 spiro atoms. The molecule has 1 aromatic carbocycles. The van der Waals surface area contributed by atoms with Gasteiger partial charge in [0, 0.05) is 48.7 Å². The Morgan fingerprint density at radius 2 is 1.94 bits per heavy atom. The number of piperazine rings is 1. The molecule has 2 aliphatic heterocycles. The van der Waals surface area contributed by atoms with Crippen LogP contribution in [0.1, 0.15) is 16.8 Å². The van der Waals surface area contributed by atoms with Gasteiger partial charge in [0.2, 0.25) is 5.91 Å². The molecule has 2 atom stereocenters. The maximum Gasteiger partial charge on any atom is 0.407 e. The number of amides is 2. The summed E-state index contributed by atoms with van der Waals surface area (Å²) in [5, 5.41) is 18.1. The van der Waals surface area contributed by atoms with E-state index in [2.05, 4.69) is 25.2 Å². The molecular formula is C23H21N9O3. The Balaban J connectivity index is 1.40. The van der Waals surface area contributed by atoms with Crippen molar-refractivity contribution < 1.29 is 14.7 Å². The number of pyridine rings is 1. The number of nitrogens with two attached hydrogens (primary N) is 1. The third-order valence-corrected chi connectivity index (χ3v) is 6.53. The van der Waals surface area contributed by atoms with Crippen molar-refractivity contribution in [2.24, 2.45) is 5.73 Å². The Morgan fingerprint density at radius 1 is 1.06 bits per heavy atom. The first-order chi connectivity index (χ1) is 17.0. The number of benzene rings is 1. The first-order valence-electron chi connectivity index (χ1n) is 11.1. The van der Waals surface area contributed by atoms with Gasteiger partial charge in [-0.15, -0.1) is 5.10 Å². The van der Waals surface area contributed by atoms with Crippen LogP contribution in [0.5, 0.6) is 0 Å². The van der Waals surface area contributed by atoms with Crippen LogP contribution >= 0.6 is 0 Å². The van der Waals surface area contributed by atoms with Gasteiger partial charge in [-0.25, -0.2) is 19.4 Å². The highest BCUT2D eigenvalue weighted by Crippen LogP contribution is 2.35. The van der Waals surface area contributed by atoms with E-state index in [1.54, 1.807) is 47.7 Å². The van der Waals surface area contributed by atoms with Crippen LogP contribution in [0.25, 0.3) is 16.6 Å². The summed E-state index contributed by atoms with van der Waals surface area (Å²) in [6.07, 6.45) is 6.37. The second kappa shape index (κ2) is 7.94. The molecule has 2 bridgehead atoms. The fraction of sp³-hybridized carbons (Fsp3) is 0.217. The quantitative estimate of drug-likeness (QED) is 0.396. The van der Waals surface area contributed by atoms with Gasteiger partial charge < -0.3 is 26.0 Å². The van der Waals surface area contributed by atoms with Crippen molar-refractivity contribution in [1.82, 2.24) is 29.6 Å². The summed E-state index contributed by atoms with van der Waals surface area (Å²) in [5.74, 6) is 1.30. The average molecular weight is 471 g/mol. The van der Waals surface area contributed by atoms with Gasteiger partial charge >= 0.3 is 6.09 Å². The van der Waals surface area contributed by atoms with Gasteiger partial charge in [0.25, 0.3) is 0 Å². The maximum atomic E-state index is 11.9. The lowest BCUT2D eigenvalue weighted by Crippen LogP contribution is -2.48. The van der Waals surface area contributed by atoms with Gasteiger partial charge in [0.15, 0.2) is 5.82 Å². The van der Waals surface area contributed by atoms with Crippen molar-refractivity contribution in [1.29, 1.82) is 0 Å². The molecule has 0 aliphatic carbocycles. The van der Waals surface area contributed by atoms with Crippen LogP contribution in [0.2, 0.25) is 0 Å². The zero-order chi connectivity index (χ0) is 24.1. The largest absolute Gasteiger partial charge is 0.465 e. The number of hydrogen-bond acceptors (Lipinski definition) is 8. The Bertz CT molecular complexity index is 1460. The van der Waals surface area contributed by atoms with Gasteiger partial charge in [0.05, 0.1) is 29.5 Å². The highest BCUT2D eigenvalue weighted by Gasteiger charge is 2.45. The van der Waals surface area contributed by atoms with Crippen molar-refractivity contribution in [3.63, 3.8) is 0 Å². The van der Waals surface area contributed by atoms with Crippen molar-refractivity contribution in [3.8, 4) is 5.69 Å². The molecule has 2 aliphatic rings. The lowest BCUT2D eigenvalue weighted by Gasteiger charge is -2.33. The Labute approximate surface area is 199 Å². The number of carboxylic acid groups (broad SMARTS) is 1. The van der Waals surface area contributed by atoms with Crippen LogP contribution < -0.4 is 16.0 Å². The molecule has 0 unspecified atom stereocenters. The van der Waals surface area contributed by atoms with E-state index in [0.717, 1.165) is 23.3 Å². The van der Waals surface area contributed by atoms with Gasteiger partial charge in [-0.2, -0.15) is 0 Å². The van der Waals surface area contributed by atoms with E-state index in [9.17, 15) is 14.7 Å². The normalized spacial score (nSPS) is 18.9. The molecule has 6 rings (SSSR count). The monoisotopic (exact) mass is 471 g/mol. The minimum absolute atomic E-state index is 0.0330.